The van der Waals surface area contributed by atoms with E-state index >= 15 is 0 Å². The average Bonchev–Trinajstić information content (AvgIpc) is 2.96. The van der Waals surface area contributed by atoms with Crippen molar-refractivity contribution in [3.8, 4) is 0 Å². The molecule has 4 unspecified atom stereocenters. The standard InChI is InChI=1S/C13H20N2O3/c1-7(12(16)14-8-2-3-8)15-9-4-5-11(15)10(6-9)13(17)18/h7-11H,2-6H2,1H3,(H,14,16)(H,17,18). The zero-order chi connectivity index (χ0) is 12.9. The molecule has 2 N–H and O–H groups in total. The highest BCUT2D eigenvalue weighted by Crippen LogP contribution is 2.43. The van der Waals surface area contributed by atoms with Gasteiger partial charge in [0, 0.05) is 18.1 Å². The van der Waals surface area contributed by atoms with Crippen LogP contribution < -0.4 is 5.32 Å². The maximum Gasteiger partial charge on any atom is 0.308 e. The van der Waals surface area contributed by atoms with E-state index < -0.39 is 5.97 Å². The highest BCUT2D eigenvalue weighted by molar-refractivity contribution is 5.82. The number of carboxylic acid groups (broad SMARTS) is 1. The summed E-state index contributed by atoms with van der Waals surface area (Å²) in [5.74, 6) is -0.914. The number of carbonyl (C=O) groups is 2. The Morgan fingerprint density at radius 1 is 1.28 bits per heavy atom. The van der Waals surface area contributed by atoms with Crippen molar-refractivity contribution in [2.75, 3.05) is 0 Å². The Labute approximate surface area is 107 Å². The maximum atomic E-state index is 12.1. The van der Waals surface area contributed by atoms with Gasteiger partial charge in [-0.2, -0.15) is 0 Å². The summed E-state index contributed by atoms with van der Waals surface area (Å²) in [6.07, 6.45) is 4.84. The zero-order valence-corrected chi connectivity index (χ0v) is 10.6. The van der Waals surface area contributed by atoms with Gasteiger partial charge in [0.25, 0.3) is 0 Å². The Bertz CT molecular complexity index is 380. The van der Waals surface area contributed by atoms with E-state index in [9.17, 15) is 14.7 Å². The zero-order valence-electron chi connectivity index (χ0n) is 10.6. The summed E-state index contributed by atoms with van der Waals surface area (Å²) in [6, 6.07) is 0.534. The molecular weight excluding hydrogens is 232 g/mol. The molecule has 0 radical (unpaired) electrons. The van der Waals surface area contributed by atoms with Gasteiger partial charge in [0.2, 0.25) is 5.91 Å². The first-order valence-electron chi connectivity index (χ1n) is 6.88. The van der Waals surface area contributed by atoms with Gasteiger partial charge in [-0.3, -0.25) is 14.5 Å². The monoisotopic (exact) mass is 252 g/mol. The van der Waals surface area contributed by atoms with E-state index in [1.807, 2.05) is 6.92 Å². The number of hydrogen-bond acceptors (Lipinski definition) is 3. The van der Waals surface area contributed by atoms with Crippen molar-refractivity contribution < 1.29 is 14.7 Å². The van der Waals surface area contributed by atoms with Crippen LogP contribution in [0.5, 0.6) is 0 Å². The molecule has 1 amide bonds. The number of carboxylic acids is 1. The van der Waals surface area contributed by atoms with E-state index in [2.05, 4.69) is 10.2 Å². The van der Waals surface area contributed by atoms with E-state index in [1.54, 1.807) is 0 Å². The number of fused-ring (bicyclic) bond motifs is 2. The summed E-state index contributed by atoms with van der Waals surface area (Å²) in [4.78, 5) is 25.4. The number of nitrogens with one attached hydrogen (secondary N) is 1. The third kappa shape index (κ3) is 1.90. The number of aliphatic carboxylic acids is 1. The van der Waals surface area contributed by atoms with Gasteiger partial charge in [0.1, 0.15) is 0 Å². The fourth-order valence-corrected chi connectivity index (χ4v) is 3.58. The predicted octanol–water partition coefficient (Wildman–Crippen LogP) is 0.591. The molecule has 0 aromatic heterocycles. The number of nitrogens with zero attached hydrogens (tertiary/aromatic N) is 1. The molecule has 5 nitrogen and oxygen atoms in total. The molecule has 0 spiro atoms. The lowest BCUT2D eigenvalue weighted by atomic mass is 9.89. The van der Waals surface area contributed by atoms with Crippen molar-refractivity contribution in [1.29, 1.82) is 0 Å². The van der Waals surface area contributed by atoms with E-state index in [-0.39, 0.29) is 30.0 Å². The maximum absolute atomic E-state index is 12.1. The van der Waals surface area contributed by atoms with Crippen molar-refractivity contribution in [2.45, 2.75) is 63.2 Å². The minimum atomic E-state index is -0.706. The molecule has 4 atom stereocenters. The normalized spacial score (nSPS) is 36.6. The van der Waals surface area contributed by atoms with Crippen LogP contribution in [0, 0.1) is 5.92 Å². The quantitative estimate of drug-likeness (QED) is 0.768. The molecule has 3 rings (SSSR count). The van der Waals surface area contributed by atoms with Crippen molar-refractivity contribution in [2.24, 2.45) is 5.92 Å². The Kier molecular flexibility index (Phi) is 2.81. The van der Waals surface area contributed by atoms with Crippen LogP contribution in [0.4, 0.5) is 0 Å². The molecule has 18 heavy (non-hydrogen) atoms. The highest BCUT2D eigenvalue weighted by atomic mass is 16.4. The fraction of sp³-hybridized carbons (Fsp3) is 0.846. The number of hydrogen-bond donors (Lipinski definition) is 2. The Morgan fingerprint density at radius 2 is 2.00 bits per heavy atom. The van der Waals surface area contributed by atoms with Gasteiger partial charge in [-0.15, -0.1) is 0 Å². The van der Waals surface area contributed by atoms with Gasteiger partial charge >= 0.3 is 5.97 Å². The molecular formula is C13H20N2O3. The first-order valence-corrected chi connectivity index (χ1v) is 6.88. The van der Waals surface area contributed by atoms with Crippen LogP contribution in [0.15, 0.2) is 0 Å². The molecule has 0 aromatic rings. The van der Waals surface area contributed by atoms with Gasteiger partial charge in [0.15, 0.2) is 0 Å². The number of carbonyl (C=O) groups excluding carboxylic acids is 1. The predicted molar refractivity (Wildman–Crippen MR) is 65.0 cm³/mol. The minimum absolute atomic E-state index is 0.0625. The average molecular weight is 252 g/mol. The molecule has 2 aliphatic heterocycles. The second-order valence-electron chi connectivity index (χ2n) is 5.89. The van der Waals surface area contributed by atoms with Crippen molar-refractivity contribution in [3.05, 3.63) is 0 Å². The van der Waals surface area contributed by atoms with Gasteiger partial charge in [-0.1, -0.05) is 0 Å². The first-order chi connectivity index (χ1) is 8.58. The molecule has 5 heteroatoms. The summed E-state index contributed by atoms with van der Waals surface area (Å²) >= 11 is 0. The number of amides is 1. The van der Waals surface area contributed by atoms with E-state index in [0.717, 1.165) is 25.7 Å². The summed E-state index contributed by atoms with van der Waals surface area (Å²) in [7, 11) is 0. The summed E-state index contributed by atoms with van der Waals surface area (Å²) in [5.41, 5.74) is 0. The first kappa shape index (κ1) is 12.0. The smallest absolute Gasteiger partial charge is 0.308 e. The molecule has 3 fully saturated rings. The Balaban J connectivity index is 1.68. The lowest BCUT2D eigenvalue weighted by Crippen LogP contribution is -2.48. The second kappa shape index (κ2) is 4.23. The van der Waals surface area contributed by atoms with E-state index in [0.29, 0.717) is 12.5 Å². The largest absolute Gasteiger partial charge is 0.481 e. The van der Waals surface area contributed by atoms with Crippen LogP contribution in [0.2, 0.25) is 0 Å². The Morgan fingerprint density at radius 3 is 2.56 bits per heavy atom. The van der Waals surface area contributed by atoms with Gasteiger partial charge in [-0.05, 0) is 39.0 Å². The van der Waals surface area contributed by atoms with E-state index in [1.165, 1.54) is 0 Å². The summed E-state index contributed by atoms with van der Waals surface area (Å²) in [5, 5.41) is 12.2. The Hall–Kier alpha value is -1.10. The third-order valence-electron chi connectivity index (χ3n) is 4.66. The minimum Gasteiger partial charge on any atom is -0.481 e. The molecule has 1 aliphatic carbocycles. The van der Waals surface area contributed by atoms with Crippen LogP contribution in [-0.4, -0.2) is 46.1 Å². The topological polar surface area (TPSA) is 69.6 Å². The molecule has 100 valence electrons. The fourth-order valence-electron chi connectivity index (χ4n) is 3.58. The molecule has 2 bridgehead atoms. The van der Waals surface area contributed by atoms with Gasteiger partial charge in [-0.25, -0.2) is 0 Å². The molecule has 0 aromatic carbocycles. The summed E-state index contributed by atoms with van der Waals surface area (Å²) in [6.45, 7) is 1.91. The third-order valence-corrected chi connectivity index (χ3v) is 4.66. The van der Waals surface area contributed by atoms with Crippen LogP contribution in [0.3, 0.4) is 0 Å². The number of rotatable bonds is 4. The van der Waals surface area contributed by atoms with Crippen molar-refractivity contribution in [1.82, 2.24) is 10.2 Å². The van der Waals surface area contributed by atoms with Crippen molar-refractivity contribution >= 4 is 11.9 Å². The van der Waals surface area contributed by atoms with Crippen LogP contribution >= 0.6 is 0 Å². The van der Waals surface area contributed by atoms with Crippen molar-refractivity contribution in [3.63, 3.8) is 0 Å². The molecule has 1 saturated carbocycles. The molecule has 3 aliphatic rings. The van der Waals surface area contributed by atoms with Crippen LogP contribution in [0.25, 0.3) is 0 Å². The lowest BCUT2D eigenvalue weighted by Gasteiger charge is -2.28. The molecule has 2 saturated heterocycles. The lowest BCUT2D eigenvalue weighted by molar-refractivity contribution is -0.143. The summed E-state index contributed by atoms with van der Waals surface area (Å²) < 4.78 is 0. The van der Waals surface area contributed by atoms with Crippen LogP contribution in [-0.2, 0) is 9.59 Å². The van der Waals surface area contributed by atoms with E-state index in [4.69, 9.17) is 0 Å². The molecule has 2 heterocycles. The second-order valence-corrected chi connectivity index (χ2v) is 5.89. The van der Waals surface area contributed by atoms with Gasteiger partial charge < -0.3 is 10.4 Å². The van der Waals surface area contributed by atoms with Gasteiger partial charge in [0.05, 0.1) is 12.0 Å². The SMILES string of the molecule is CC(C(=O)NC1CC1)N1C2CCC1C(C(=O)O)C2. The van der Waals surface area contributed by atoms with Crippen LogP contribution in [0.1, 0.15) is 39.0 Å². The highest BCUT2D eigenvalue weighted by Gasteiger charge is 2.52.